The van der Waals surface area contributed by atoms with Gasteiger partial charge < -0.3 is 11.1 Å². The Labute approximate surface area is 83.5 Å². The summed E-state index contributed by atoms with van der Waals surface area (Å²) in [6, 6.07) is 3.83. The number of nitrogens with two attached hydrogens (primary N) is 1. The third-order valence-electron chi connectivity index (χ3n) is 2.04. The van der Waals surface area contributed by atoms with Gasteiger partial charge in [0.1, 0.15) is 0 Å². The van der Waals surface area contributed by atoms with E-state index in [1.54, 1.807) is 12.4 Å². The first-order valence-electron chi connectivity index (χ1n) is 4.58. The smallest absolute Gasteiger partial charge is 0.216 e. The first-order chi connectivity index (χ1) is 6.74. The number of carbonyl (C=O) groups is 1. The highest BCUT2D eigenvalue weighted by molar-refractivity contribution is 5.72. The number of hydrogen-bond acceptors (Lipinski definition) is 3. The molecule has 14 heavy (non-hydrogen) atoms. The maximum absolute atomic E-state index is 10.7. The minimum atomic E-state index is -0.0349. The van der Waals surface area contributed by atoms with E-state index in [9.17, 15) is 4.79 Å². The van der Waals surface area contributed by atoms with Crippen molar-refractivity contribution in [1.82, 2.24) is 10.3 Å². The van der Waals surface area contributed by atoms with E-state index < -0.39 is 0 Å². The molecule has 0 aromatic carbocycles. The molecule has 0 aliphatic rings. The standard InChI is InChI=1S/C10H15N3O/c1-8(14)13-7-10(5-11)9-3-2-4-12-6-9/h2-4,6,10H,5,7,11H2,1H3,(H,13,14). The summed E-state index contributed by atoms with van der Waals surface area (Å²) in [6.07, 6.45) is 3.49. The lowest BCUT2D eigenvalue weighted by molar-refractivity contribution is -0.119. The van der Waals surface area contributed by atoms with E-state index in [4.69, 9.17) is 5.73 Å². The van der Waals surface area contributed by atoms with Gasteiger partial charge in [-0.3, -0.25) is 9.78 Å². The minimum Gasteiger partial charge on any atom is -0.356 e. The fraction of sp³-hybridized carbons (Fsp3) is 0.400. The van der Waals surface area contributed by atoms with E-state index in [0.29, 0.717) is 13.1 Å². The molecule has 1 unspecified atom stereocenters. The summed E-state index contributed by atoms with van der Waals surface area (Å²) in [5.74, 6) is 0.111. The van der Waals surface area contributed by atoms with Crippen LogP contribution in [0.25, 0.3) is 0 Å². The molecular weight excluding hydrogens is 178 g/mol. The van der Waals surface area contributed by atoms with E-state index in [1.807, 2.05) is 12.1 Å². The molecule has 1 aromatic heterocycles. The van der Waals surface area contributed by atoms with Crippen molar-refractivity contribution in [2.75, 3.05) is 13.1 Å². The van der Waals surface area contributed by atoms with Crippen molar-refractivity contribution in [2.45, 2.75) is 12.8 Å². The number of carbonyl (C=O) groups excluding carboxylic acids is 1. The molecule has 0 saturated carbocycles. The summed E-state index contributed by atoms with van der Waals surface area (Å²) in [6.45, 7) is 2.57. The number of nitrogens with zero attached hydrogens (tertiary/aromatic N) is 1. The second kappa shape index (κ2) is 5.34. The fourth-order valence-electron chi connectivity index (χ4n) is 1.22. The van der Waals surface area contributed by atoms with Crippen molar-refractivity contribution < 1.29 is 4.79 Å². The molecule has 1 rings (SSSR count). The van der Waals surface area contributed by atoms with Crippen LogP contribution in [0.5, 0.6) is 0 Å². The molecule has 0 saturated heterocycles. The van der Waals surface area contributed by atoms with E-state index >= 15 is 0 Å². The Bertz CT molecular complexity index is 287. The third-order valence-corrected chi connectivity index (χ3v) is 2.04. The predicted octanol–water partition coefficient (Wildman–Crippen LogP) is 0.260. The Hall–Kier alpha value is -1.42. The molecule has 0 spiro atoms. The summed E-state index contributed by atoms with van der Waals surface area (Å²) < 4.78 is 0. The molecule has 1 atom stereocenters. The highest BCUT2D eigenvalue weighted by atomic mass is 16.1. The van der Waals surface area contributed by atoms with Crippen LogP contribution in [0.1, 0.15) is 18.4 Å². The van der Waals surface area contributed by atoms with Crippen LogP contribution < -0.4 is 11.1 Å². The first-order valence-corrected chi connectivity index (χ1v) is 4.58. The van der Waals surface area contributed by atoms with Crippen LogP contribution >= 0.6 is 0 Å². The maximum Gasteiger partial charge on any atom is 0.216 e. The van der Waals surface area contributed by atoms with E-state index in [1.165, 1.54) is 6.92 Å². The van der Waals surface area contributed by atoms with Crippen LogP contribution in [0.15, 0.2) is 24.5 Å². The molecule has 76 valence electrons. The summed E-state index contributed by atoms with van der Waals surface area (Å²) in [4.78, 5) is 14.7. The molecule has 4 heteroatoms. The molecule has 1 heterocycles. The van der Waals surface area contributed by atoms with Gasteiger partial charge in [0.15, 0.2) is 0 Å². The zero-order valence-corrected chi connectivity index (χ0v) is 8.23. The Morgan fingerprint density at radius 1 is 1.71 bits per heavy atom. The normalized spacial score (nSPS) is 12.1. The number of hydrogen-bond donors (Lipinski definition) is 2. The van der Waals surface area contributed by atoms with Gasteiger partial charge in [-0.1, -0.05) is 6.07 Å². The summed E-state index contributed by atoms with van der Waals surface area (Å²) >= 11 is 0. The van der Waals surface area contributed by atoms with Gasteiger partial charge in [0.2, 0.25) is 5.91 Å². The number of pyridine rings is 1. The second-order valence-electron chi connectivity index (χ2n) is 3.16. The Balaban J connectivity index is 2.58. The number of amides is 1. The van der Waals surface area contributed by atoms with Gasteiger partial charge in [-0.15, -0.1) is 0 Å². The molecule has 4 nitrogen and oxygen atoms in total. The SMILES string of the molecule is CC(=O)NCC(CN)c1cccnc1. The third kappa shape index (κ3) is 3.14. The zero-order chi connectivity index (χ0) is 10.4. The van der Waals surface area contributed by atoms with Crippen molar-refractivity contribution in [3.63, 3.8) is 0 Å². The molecule has 0 radical (unpaired) electrons. The van der Waals surface area contributed by atoms with Gasteiger partial charge in [0, 0.05) is 38.3 Å². The van der Waals surface area contributed by atoms with Crippen LogP contribution in [0, 0.1) is 0 Å². The van der Waals surface area contributed by atoms with E-state index in [2.05, 4.69) is 10.3 Å². The summed E-state index contributed by atoms with van der Waals surface area (Å²) in [5, 5.41) is 2.75. The van der Waals surface area contributed by atoms with Gasteiger partial charge in [-0.25, -0.2) is 0 Å². The highest BCUT2D eigenvalue weighted by Gasteiger charge is 2.09. The van der Waals surface area contributed by atoms with Crippen molar-refractivity contribution in [1.29, 1.82) is 0 Å². The average Bonchev–Trinajstić information content (AvgIpc) is 2.20. The largest absolute Gasteiger partial charge is 0.356 e. The van der Waals surface area contributed by atoms with Crippen molar-refractivity contribution >= 4 is 5.91 Å². The highest BCUT2D eigenvalue weighted by Crippen LogP contribution is 2.11. The van der Waals surface area contributed by atoms with Crippen molar-refractivity contribution in [3.8, 4) is 0 Å². The number of nitrogens with one attached hydrogen (secondary N) is 1. The quantitative estimate of drug-likeness (QED) is 0.720. The van der Waals surface area contributed by atoms with Crippen LogP contribution in [-0.4, -0.2) is 24.0 Å². The number of rotatable bonds is 4. The summed E-state index contributed by atoms with van der Waals surface area (Å²) in [5.41, 5.74) is 6.67. The maximum atomic E-state index is 10.7. The monoisotopic (exact) mass is 193 g/mol. The molecule has 0 aliphatic carbocycles. The molecule has 1 aromatic rings. The predicted molar refractivity (Wildman–Crippen MR) is 54.7 cm³/mol. The molecule has 0 aliphatic heterocycles. The van der Waals surface area contributed by atoms with Crippen molar-refractivity contribution in [3.05, 3.63) is 30.1 Å². The Morgan fingerprint density at radius 2 is 2.50 bits per heavy atom. The van der Waals surface area contributed by atoms with Gasteiger partial charge in [0.25, 0.3) is 0 Å². The van der Waals surface area contributed by atoms with Crippen molar-refractivity contribution in [2.24, 2.45) is 5.73 Å². The zero-order valence-electron chi connectivity index (χ0n) is 8.23. The molecule has 0 fully saturated rings. The van der Waals surface area contributed by atoms with Crippen LogP contribution in [-0.2, 0) is 4.79 Å². The lowest BCUT2D eigenvalue weighted by Crippen LogP contribution is -2.29. The lowest BCUT2D eigenvalue weighted by atomic mass is 10.0. The van der Waals surface area contributed by atoms with Crippen LogP contribution in [0.2, 0.25) is 0 Å². The minimum absolute atomic E-state index is 0.0349. The second-order valence-corrected chi connectivity index (χ2v) is 3.16. The Kier molecular flexibility index (Phi) is 4.07. The van der Waals surface area contributed by atoms with Crippen LogP contribution in [0.4, 0.5) is 0 Å². The van der Waals surface area contributed by atoms with Gasteiger partial charge in [-0.2, -0.15) is 0 Å². The van der Waals surface area contributed by atoms with Gasteiger partial charge >= 0.3 is 0 Å². The molecule has 3 N–H and O–H groups in total. The molecular formula is C10H15N3O. The fourth-order valence-corrected chi connectivity index (χ4v) is 1.22. The topological polar surface area (TPSA) is 68.0 Å². The Morgan fingerprint density at radius 3 is 3.00 bits per heavy atom. The van der Waals surface area contributed by atoms with Crippen LogP contribution in [0.3, 0.4) is 0 Å². The molecule has 1 amide bonds. The molecule has 0 bridgehead atoms. The summed E-state index contributed by atoms with van der Waals surface area (Å²) in [7, 11) is 0. The van der Waals surface area contributed by atoms with Gasteiger partial charge in [-0.05, 0) is 11.6 Å². The number of aromatic nitrogens is 1. The van der Waals surface area contributed by atoms with E-state index in [0.717, 1.165) is 5.56 Å². The van der Waals surface area contributed by atoms with Gasteiger partial charge in [0.05, 0.1) is 0 Å². The van der Waals surface area contributed by atoms with E-state index in [-0.39, 0.29) is 11.8 Å². The lowest BCUT2D eigenvalue weighted by Gasteiger charge is -2.14. The average molecular weight is 193 g/mol. The first kappa shape index (κ1) is 10.7.